The maximum atomic E-state index is 12.5. The number of benzene rings is 2. The van der Waals surface area contributed by atoms with E-state index in [0.717, 1.165) is 5.69 Å². The van der Waals surface area contributed by atoms with Gasteiger partial charge in [0.05, 0.1) is 4.90 Å². The van der Waals surface area contributed by atoms with Crippen molar-refractivity contribution in [3.8, 4) is 0 Å². The maximum absolute atomic E-state index is 12.5. The highest BCUT2D eigenvalue weighted by Gasteiger charge is 2.21. The lowest BCUT2D eigenvalue weighted by atomic mass is 10.1. The zero-order valence-electron chi connectivity index (χ0n) is 17.1. The number of rotatable bonds is 6. The minimum Gasteiger partial charge on any atom is -0.368 e. The Bertz CT molecular complexity index is 1010. The van der Waals surface area contributed by atoms with E-state index < -0.39 is 10.0 Å². The molecule has 0 bridgehead atoms. The minimum absolute atomic E-state index is 0.0390. The van der Waals surface area contributed by atoms with Crippen LogP contribution in [0.15, 0.2) is 53.4 Å². The lowest BCUT2D eigenvalue weighted by molar-refractivity contribution is 0.101. The summed E-state index contributed by atoms with van der Waals surface area (Å²) in [6.07, 6.45) is 0. The Morgan fingerprint density at radius 3 is 2.27 bits per heavy atom. The molecule has 0 atom stereocenters. The molecule has 1 saturated heterocycles. The zero-order chi connectivity index (χ0) is 21.7. The highest BCUT2D eigenvalue weighted by Crippen LogP contribution is 2.18. The summed E-state index contributed by atoms with van der Waals surface area (Å²) in [5.74, 6) is 0.0390. The summed E-state index contributed by atoms with van der Waals surface area (Å²) in [7, 11) is -2.15. The molecule has 8 nitrogen and oxygen atoms in total. The molecule has 160 valence electrons. The molecule has 2 aromatic carbocycles. The normalized spacial score (nSPS) is 14.5. The lowest BCUT2D eigenvalue weighted by Gasteiger charge is -2.36. The van der Waals surface area contributed by atoms with E-state index in [-0.39, 0.29) is 23.3 Å². The van der Waals surface area contributed by atoms with Gasteiger partial charge >= 0.3 is 6.03 Å². The smallest absolute Gasteiger partial charge is 0.317 e. The van der Waals surface area contributed by atoms with E-state index in [0.29, 0.717) is 37.3 Å². The Morgan fingerprint density at radius 1 is 1.00 bits per heavy atom. The monoisotopic (exact) mass is 430 g/mol. The van der Waals surface area contributed by atoms with Crippen LogP contribution in [0.2, 0.25) is 0 Å². The lowest BCUT2D eigenvalue weighted by Crippen LogP contribution is -2.51. The molecule has 0 aliphatic carbocycles. The number of ketones is 1. The van der Waals surface area contributed by atoms with E-state index in [1.54, 1.807) is 30.0 Å². The summed E-state index contributed by atoms with van der Waals surface area (Å²) in [6, 6.07) is 13.8. The van der Waals surface area contributed by atoms with E-state index >= 15 is 0 Å². The predicted molar refractivity (Wildman–Crippen MR) is 115 cm³/mol. The van der Waals surface area contributed by atoms with E-state index in [9.17, 15) is 18.0 Å². The van der Waals surface area contributed by atoms with Gasteiger partial charge in [-0.3, -0.25) is 4.79 Å². The van der Waals surface area contributed by atoms with E-state index in [1.165, 1.54) is 13.1 Å². The Hall–Kier alpha value is -2.91. The molecule has 0 unspecified atom stereocenters. The average molecular weight is 431 g/mol. The first-order chi connectivity index (χ1) is 14.3. The quantitative estimate of drug-likeness (QED) is 0.682. The molecular formula is C21H26N4O4S. The molecular weight excluding hydrogens is 404 g/mol. The number of carbonyl (C=O) groups is 2. The first-order valence-electron chi connectivity index (χ1n) is 9.71. The fourth-order valence-electron chi connectivity index (χ4n) is 3.30. The zero-order valence-corrected chi connectivity index (χ0v) is 17.9. The second kappa shape index (κ2) is 9.27. The van der Waals surface area contributed by atoms with Gasteiger partial charge in [-0.2, -0.15) is 0 Å². The average Bonchev–Trinajstić information content (AvgIpc) is 2.78. The van der Waals surface area contributed by atoms with Gasteiger partial charge in [-0.05, 0) is 55.9 Å². The standard InChI is InChI=1S/C21H26N4O4S/c1-16(26)18-6-8-19(9-7-18)24-10-12-25(13-11-24)21(27)23-15-17-4-3-5-20(14-17)30(28,29)22-2/h3-9,14,22H,10-13,15H2,1-2H3,(H,23,27). The third-order valence-corrected chi connectivity index (χ3v) is 6.54. The van der Waals surface area contributed by atoms with Gasteiger partial charge in [0.25, 0.3) is 0 Å². The number of hydrogen-bond donors (Lipinski definition) is 2. The number of anilines is 1. The highest BCUT2D eigenvalue weighted by molar-refractivity contribution is 7.89. The predicted octanol–water partition coefficient (Wildman–Crippen LogP) is 1.83. The third-order valence-electron chi connectivity index (χ3n) is 5.13. The molecule has 2 N–H and O–H groups in total. The first kappa shape index (κ1) is 21.8. The van der Waals surface area contributed by atoms with Crippen LogP contribution >= 0.6 is 0 Å². The summed E-state index contributed by atoms with van der Waals surface area (Å²) in [6.45, 7) is 4.34. The molecule has 30 heavy (non-hydrogen) atoms. The van der Waals surface area contributed by atoms with Crippen LogP contribution in [0.1, 0.15) is 22.8 Å². The number of piperazine rings is 1. The van der Waals surface area contributed by atoms with Crippen molar-refractivity contribution >= 4 is 27.5 Å². The highest BCUT2D eigenvalue weighted by atomic mass is 32.2. The van der Waals surface area contributed by atoms with E-state index in [2.05, 4.69) is 14.9 Å². The van der Waals surface area contributed by atoms with Crippen molar-refractivity contribution in [1.29, 1.82) is 0 Å². The van der Waals surface area contributed by atoms with Gasteiger partial charge in [0.2, 0.25) is 10.0 Å². The molecule has 1 heterocycles. The number of sulfonamides is 1. The number of nitrogens with one attached hydrogen (secondary N) is 2. The van der Waals surface area contributed by atoms with Crippen LogP contribution in [0.3, 0.4) is 0 Å². The SMILES string of the molecule is CNS(=O)(=O)c1cccc(CNC(=O)N2CCN(c3ccc(C(C)=O)cc3)CC2)c1. The van der Waals surface area contributed by atoms with Gasteiger partial charge in [-0.25, -0.2) is 17.9 Å². The van der Waals surface area contributed by atoms with Gasteiger partial charge in [-0.15, -0.1) is 0 Å². The van der Waals surface area contributed by atoms with Crippen molar-refractivity contribution < 1.29 is 18.0 Å². The molecule has 1 fully saturated rings. The minimum atomic E-state index is -3.52. The van der Waals surface area contributed by atoms with Gasteiger partial charge in [0, 0.05) is 44.0 Å². The Balaban J connectivity index is 1.52. The third kappa shape index (κ3) is 5.17. The summed E-state index contributed by atoms with van der Waals surface area (Å²) >= 11 is 0. The maximum Gasteiger partial charge on any atom is 0.317 e. The molecule has 0 aromatic heterocycles. The van der Waals surface area contributed by atoms with Gasteiger partial charge in [0.15, 0.2) is 5.78 Å². The molecule has 0 saturated carbocycles. The van der Waals surface area contributed by atoms with Crippen LogP contribution in [-0.4, -0.2) is 58.4 Å². The molecule has 1 aliphatic rings. The van der Waals surface area contributed by atoms with E-state index in [1.807, 2.05) is 24.3 Å². The number of hydrogen-bond acceptors (Lipinski definition) is 5. The van der Waals surface area contributed by atoms with Crippen LogP contribution in [0.25, 0.3) is 0 Å². The fourth-order valence-corrected chi connectivity index (χ4v) is 4.10. The summed E-state index contributed by atoms with van der Waals surface area (Å²) in [4.78, 5) is 28.0. The molecule has 1 aliphatic heterocycles. The van der Waals surface area contributed by atoms with Gasteiger partial charge in [-0.1, -0.05) is 12.1 Å². The Morgan fingerprint density at radius 2 is 1.67 bits per heavy atom. The Kier molecular flexibility index (Phi) is 6.73. The number of nitrogens with zero attached hydrogens (tertiary/aromatic N) is 2. The number of amides is 2. The van der Waals surface area contributed by atoms with Crippen molar-refractivity contribution in [1.82, 2.24) is 14.9 Å². The molecule has 3 rings (SSSR count). The molecule has 9 heteroatoms. The largest absolute Gasteiger partial charge is 0.368 e. The number of Topliss-reactive ketones (excluding diaryl/α,β-unsaturated/α-hetero) is 1. The van der Waals surface area contributed by atoms with Crippen molar-refractivity contribution in [2.75, 3.05) is 38.1 Å². The van der Waals surface area contributed by atoms with Gasteiger partial charge < -0.3 is 15.1 Å². The van der Waals surface area contributed by atoms with Crippen molar-refractivity contribution in [3.05, 3.63) is 59.7 Å². The van der Waals surface area contributed by atoms with Crippen LogP contribution < -0.4 is 14.9 Å². The fraction of sp³-hybridized carbons (Fsp3) is 0.333. The van der Waals surface area contributed by atoms with Crippen LogP contribution in [0, 0.1) is 0 Å². The Labute approximate surface area is 176 Å². The number of carbonyl (C=O) groups excluding carboxylic acids is 2. The van der Waals surface area contributed by atoms with Crippen molar-refractivity contribution in [2.24, 2.45) is 0 Å². The first-order valence-corrected chi connectivity index (χ1v) is 11.2. The van der Waals surface area contributed by atoms with Crippen molar-refractivity contribution in [2.45, 2.75) is 18.4 Å². The van der Waals surface area contributed by atoms with Crippen molar-refractivity contribution in [3.63, 3.8) is 0 Å². The summed E-state index contributed by atoms with van der Waals surface area (Å²) in [5, 5.41) is 2.86. The summed E-state index contributed by atoms with van der Waals surface area (Å²) < 4.78 is 26.1. The second-order valence-corrected chi connectivity index (χ2v) is 8.98. The van der Waals surface area contributed by atoms with Crippen LogP contribution in [0.5, 0.6) is 0 Å². The number of urea groups is 1. The van der Waals surface area contributed by atoms with Crippen LogP contribution in [0.4, 0.5) is 10.5 Å². The molecule has 0 spiro atoms. The molecule has 0 radical (unpaired) electrons. The topological polar surface area (TPSA) is 98.8 Å². The van der Waals surface area contributed by atoms with Gasteiger partial charge in [0.1, 0.15) is 0 Å². The van der Waals surface area contributed by atoms with E-state index in [4.69, 9.17) is 0 Å². The summed E-state index contributed by atoms with van der Waals surface area (Å²) in [5.41, 5.74) is 2.43. The molecule has 2 amide bonds. The second-order valence-electron chi connectivity index (χ2n) is 7.09. The molecule has 2 aromatic rings. The van der Waals surface area contributed by atoms with Crippen LogP contribution in [-0.2, 0) is 16.6 Å².